The van der Waals surface area contributed by atoms with Gasteiger partial charge in [0, 0.05) is 10.6 Å². The quantitative estimate of drug-likeness (QED) is 0.645. The van der Waals surface area contributed by atoms with E-state index < -0.39 is 17.6 Å². The van der Waals surface area contributed by atoms with Gasteiger partial charge < -0.3 is 4.42 Å². The first kappa shape index (κ1) is 18.2. The normalized spacial score (nSPS) is 11.4. The van der Waals surface area contributed by atoms with E-state index in [9.17, 15) is 18.0 Å². The maximum absolute atomic E-state index is 12.7. The topological polar surface area (TPSA) is 68.0 Å². The Kier molecular flexibility index (Phi) is 4.88. The van der Waals surface area contributed by atoms with Crippen LogP contribution in [0.5, 0.6) is 0 Å². The zero-order chi connectivity index (χ0) is 18.9. The second-order valence-corrected chi connectivity index (χ2v) is 5.91. The number of carbonyl (C=O) groups excluding carboxylic acids is 1. The Morgan fingerprint density at radius 1 is 1.08 bits per heavy atom. The molecule has 1 heterocycles. The minimum Gasteiger partial charge on any atom is -0.403 e. The summed E-state index contributed by atoms with van der Waals surface area (Å²) < 4.78 is 43.4. The summed E-state index contributed by atoms with van der Waals surface area (Å²) in [6.45, 7) is 0. The van der Waals surface area contributed by atoms with Gasteiger partial charge in [-0.05, 0) is 36.4 Å². The largest absolute Gasteiger partial charge is 0.416 e. The predicted molar refractivity (Wildman–Crippen MR) is 89.2 cm³/mol. The van der Waals surface area contributed by atoms with Crippen molar-refractivity contribution < 1.29 is 22.4 Å². The third-order valence-corrected chi connectivity index (χ3v) is 3.81. The van der Waals surface area contributed by atoms with Crippen LogP contribution in [0.15, 0.2) is 46.9 Å². The van der Waals surface area contributed by atoms with Gasteiger partial charge in [0.2, 0.25) is 0 Å². The number of hydrogen-bond donors (Lipinski definition) is 1. The first-order valence-electron chi connectivity index (χ1n) is 7.01. The molecule has 1 N–H and O–H groups in total. The molecule has 0 aliphatic heterocycles. The van der Waals surface area contributed by atoms with Gasteiger partial charge in [-0.1, -0.05) is 34.4 Å². The average Bonchev–Trinajstić information content (AvgIpc) is 3.02. The highest BCUT2D eigenvalue weighted by atomic mass is 35.5. The Morgan fingerprint density at radius 3 is 2.54 bits per heavy atom. The van der Waals surface area contributed by atoms with Crippen molar-refractivity contribution in [2.24, 2.45) is 0 Å². The molecule has 3 aromatic rings. The summed E-state index contributed by atoms with van der Waals surface area (Å²) in [5, 5.41) is 10.3. The summed E-state index contributed by atoms with van der Waals surface area (Å²) in [6.07, 6.45) is -4.56. The Hall–Kier alpha value is -2.58. The zero-order valence-corrected chi connectivity index (χ0v) is 14.2. The Bertz CT molecular complexity index is 973. The minimum absolute atomic E-state index is 0.0195. The number of hydrogen-bond acceptors (Lipinski definition) is 4. The second kappa shape index (κ2) is 6.97. The fourth-order valence-corrected chi connectivity index (χ4v) is 2.54. The summed E-state index contributed by atoms with van der Waals surface area (Å²) in [6, 6.07) is 8.26. The SMILES string of the molecule is O=C(Nc1nnc(-c2ccc(Cl)cc2Cl)o1)c1cccc(C(F)(F)F)c1. The van der Waals surface area contributed by atoms with Crippen molar-refractivity contribution in [2.75, 3.05) is 5.32 Å². The highest BCUT2D eigenvalue weighted by Gasteiger charge is 2.31. The van der Waals surface area contributed by atoms with Crippen molar-refractivity contribution in [1.29, 1.82) is 0 Å². The van der Waals surface area contributed by atoms with Gasteiger partial charge in [0.25, 0.3) is 11.8 Å². The van der Waals surface area contributed by atoms with E-state index in [1.807, 2.05) is 0 Å². The van der Waals surface area contributed by atoms with Gasteiger partial charge in [-0.2, -0.15) is 13.2 Å². The Morgan fingerprint density at radius 2 is 1.85 bits per heavy atom. The van der Waals surface area contributed by atoms with Crippen molar-refractivity contribution in [2.45, 2.75) is 6.18 Å². The van der Waals surface area contributed by atoms with Gasteiger partial charge in [0.05, 0.1) is 16.1 Å². The van der Waals surface area contributed by atoms with Gasteiger partial charge >= 0.3 is 12.2 Å². The van der Waals surface area contributed by atoms with Crippen LogP contribution in [0.1, 0.15) is 15.9 Å². The average molecular weight is 402 g/mol. The van der Waals surface area contributed by atoms with Crippen LogP contribution in [-0.4, -0.2) is 16.1 Å². The zero-order valence-electron chi connectivity index (χ0n) is 12.6. The van der Waals surface area contributed by atoms with Crippen LogP contribution >= 0.6 is 23.2 Å². The molecule has 0 saturated carbocycles. The molecule has 0 unspecified atom stereocenters. The molecule has 1 aromatic heterocycles. The number of rotatable bonds is 3. The molecule has 2 aromatic carbocycles. The molecule has 0 spiro atoms. The molecule has 0 radical (unpaired) electrons. The van der Waals surface area contributed by atoms with Gasteiger partial charge in [0.1, 0.15) is 0 Å². The molecule has 0 fully saturated rings. The predicted octanol–water partition coefficient (Wildman–Crippen LogP) is 5.31. The third-order valence-electron chi connectivity index (χ3n) is 3.26. The molecule has 0 aliphatic rings. The summed E-state index contributed by atoms with van der Waals surface area (Å²) in [5.41, 5.74) is -0.753. The van der Waals surface area contributed by atoms with Crippen LogP contribution in [-0.2, 0) is 6.18 Å². The number of halogens is 5. The van der Waals surface area contributed by atoms with Crippen molar-refractivity contribution in [3.05, 3.63) is 63.6 Å². The number of carbonyl (C=O) groups is 1. The van der Waals surface area contributed by atoms with Crippen LogP contribution in [0.3, 0.4) is 0 Å². The number of anilines is 1. The van der Waals surface area contributed by atoms with Crippen molar-refractivity contribution in [3.63, 3.8) is 0 Å². The number of benzene rings is 2. The monoisotopic (exact) mass is 401 g/mol. The van der Waals surface area contributed by atoms with E-state index in [0.717, 1.165) is 18.2 Å². The fourth-order valence-electron chi connectivity index (χ4n) is 2.05. The first-order chi connectivity index (χ1) is 12.2. The lowest BCUT2D eigenvalue weighted by Crippen LogP contribution is -2.14. The standard InChI is InChI=1S/C16H8Cl2F3N3O2/c17-10-4-5-11(12(18)7-10)14-23-24-15(26-14)22-13(25)8-2-1-3-9(6-8)16(19,20)21/h1-7H,(H,22,24,25). The van der Waals surface area contributed by atoms with Crippen molar-refractivity contribution in [1.82, 2.24) is 10.2 Å². The fraction of sp³-hybridized carbons (Fsp3) is 0.0625. The maximum atomic E-state index is 12.7. The number of alkyl halides is 3. The van der Waals surface area contributed by atoms with E-state index in [0.29, 0.717) is 10.6 Å². The molecule has 0 atom stereocenters. The van der Waals surface area contributed by atoms with Gasteiger partial charge in [0.15, 0.2) is 0 Å². The minimum atomic E-state index is -4.56. The van der Waals surface area contributed by atoms with Crippen LogP contribution in [0.25, 0.3) is 11.5 Å². The van der Waals surface area contributed by atoms with E-state index in [-0.39, 0.29) is 22.5 Å². The van der Waals surface area contributed by atoms with Crippen LogP contribution < -0.4 is 5.32 Å². The van der Waals surface area contributed by atoms with Crippen LogP contribution in [0.2, 0.25) is 10.0 Å². The molecule has 1 amide bonds. The maximum Gasteiger partial charge on any atom is 0.416 e. The van der Waals surface area contributed by atoms with Crippen molar-refractivity contribution >= 4 is 35.1 Å². The highest BCUT2D eigenvalue weighted by Crippen LogP contribution is 2.31. The Labute approximate surface area is 154 Å². The van der Waals surface area contributed by atoms with E-state index in [4.69, 9.17) is 27.6 Å². The van der Waals surface area contributed by atoms with Crippen LogP contribution in [0.4, 0.5) is 19.2 Å². The molecule has 5 nitrogen and oxygen atoms in total. The van der Waals surface area contributed by atoms with Gasteiger partial charge in [-0.25, -0.2) is 0 Å². The molecule has 0 bridgehead atoms. The number of aromatic nitrogens is 2. The summed E-state index contributed by atoms with van der Waals surface area (Å²) in [5.74, 6) is -0.806. The summed E-state index contributed by atoms with van der Waals surface area (Å²) >= 11 is 11.8. The van der Waals surface area contributed by atoms with Gasteiger partial charge in [-0.15, -0.1) is 5.10 Å². The number of amides is 1. The van der Waals surface area contributed by atoms with Crippen LogP contribution in [0, 0.1) is 0 Å². The molecule has 26 heavy (non-hydrogen) atoms. The lowest BCUT2D eigenvalue weighted by Gasteiger charge is -2.07. The molecule has 0 saturated heterocycles. The Balaban J connectivity index is 1.80. The van der Waals surface area contributed by atoms with Gasteiger partial charge in [-0.3, -0.25) is 10.1 Å². The molecular formula is C16H8Cl2F3N3O2. The third kappa shape index (κ3) is 3.97. The second-order valence-electron chi connectivity index (χ2n) is 5.07. The van der Waals surface area contributed by atoms with Crippen molar-refractivity contribution in [3.8, 4) is 11.5 Å². The lowest BCUT2D eigenvalue weighted by molar-refractivity contribution is -0.137. The summed E-state index contributed by atoms with van der Waals surface area (Å²) in [7, 11) is 0. The van der Waals surface area contributed by atoms with E-state index in [2.05, 4.69) is 15.5 Å². The highest BCUT2D eigenvalue weighted by molar-refractivity contribution is 6.36. The number of nitrogens with one attached hydrogen (secondary N) is 1. The van der Waals surface area contributed by atoms with E-state index >= 15 is 0 Å². The molecular weight excluding hydrogens is 394 g/mol. The molecule has 3 rings (SSSR count). The number of nitrogens with zero attached hydrogens (tertiary/aromatic N) is 2. The smallest absolute Gasteiger partial charge is 0.403 e. The molecule has 134 valence electrons. The molecule has 10 heteroatoms. The van der Waals surface area contributed by atoms with E-state index in [1.54, 1.807) is 12.1 Å². The summed E-state index contributed by atoms with van der Waals surface area (Å²) in [4.78, 5) is 12.1. The first-order valence-corrected chi connectivity index (χ1v) is 7.77. The lowest BCUT2D eigenvalue weighted by atomic mass is 10.1. The van der Waals surface area contributed by atoms with E-state index in [1.165, 1.54) is 12.1 Å². The molecule has 0 aliphatic carbocycles.